The predicted molar refractivity (Wildman–Crippen MR) is 148 cm³/mol. The fraction of sp³-hybridized carbons (Fsp3) is 0.467. The average Bonchev–Trinajstić information content (AvgIpc) is 2.98. The Hall–Kier alpha value is -3.70. The lowest BCUT2D eigenvalue weighted by molar-refractivity contribution is -0.150. The Balaban J connectivity index is 1.52. The van der Waals surface area contributed by atoms with E-state index in [-0.39, 0.29) is 29.8 Å². The first kappa shape index (κ1) is 30.3. The lowest BCUT2D eigenvalue weighted by Crippen LogP contribution is -2.55. The molecule has 2 aromatic rings. The van der Waals surface area contributed by atoms with Crippen LogP contribution in [-0.4, -0.2) is 86.0 Å². The molecule has 11 heteroatoms. The van der Waals surface area contributed by atoms with Crippen molar-refractivity contribution < 1.29 is 32.6 Å². The van der Waals surface area contributed by atoms with E-state index in [0.717, 1.165) is 48.1 Å². The van der Waals surface area contributed by atoms with Gasteiger partial charge >= 0.3 is 12.0 Å². The number of nitrogens with zero attached hydrogens (tertiary/aromatic N) is 4. The van der Waals surface area contributed by atoms with Gasteiger partial charge in [-0.3, -0.25) is 14.6 Å². The highest BCUT2D eigenvalue weighted by Gasteiger charge is 2.47. The van der Waals surface area contributed by atoms with Gasteiger partial charge in [0, 0.05) is 13.7 Å². The van der Waals surface area contributed by atoms with Crippen LogP contribution in [0.4, 0.5) is 13.6 Å². The van der Waals surface area contributed by atoms with Crippen molar-refractivity contribution in [3.63, 3.8) is 0 Å². The number of ether oxygens (including phenoxy) is 2. The van der Waals surface area contributed by atoms with Crippen molar-refractivity contribution in [2.24, 2.45) is 10.9 Å². The number of carbonyl (C=O) groups excluding carboxylic acids is 3. The Labute approximate surface area is 238 Å². The van der Waals surface area contributed by atoms with Crippen LogP contribution in [0.2, 0.25) is 0 Å². The molecule has 2 aromatic carbocycles. The zero-order valence-corrected chi connectivity index (χ0v) is 23.6. The number of benzene rings is 2. The molecule has 41 heavy (non-hydrogen) atoms. The van der Waals surface area contributed by atoms with Crippen LogP contribution in [0, 0.1) is 17.6 Å². The number of likely N-dealkylation sites (tertiary alicyclic amines) is 1. The lowest BCUT2D eigenvalue weighted by Gasteiger charge is -2.43. The minimum absolute atomic E-state index is 0.0657. The molecule has 0 radical (unpaired) electrons. The summed E-state index contributed by atoms with van der Waals surface area (Å²) in [7, 11) is 2.55. The van der Waals surface area contributed by atoms with E-state index in [9.17, 15) is 23.2 Å². The normalized spacial score (nSPS) is 20.9. The molecule has 2 heterocycles. The molecule has 220 valence electrons. The van der Waals surface area contributed by atoms with Crippen molar-refractivity contribution in [1.29, 1.82) is 0 Å². The molecule has 2 atom stereocenters. The van der Waals surface area contributed by atoms with Gasteiger partial charge < -0.3 is 14.4 Å². The number of rotatable bonds is 11. The summed E-state index contributed by atoms with van der Waals surface area (Å²) in [5.41, 5.74) is 1.60. The van der Waals surface area contributed by atoms with Crippen LogP contribution >= 0.6 is 0 Å². The standard InChI is InChI=1S/C30H36F2N4O5/c1-30(22-8-5-4-6-9-22)12-16-34(17-13-30)14-7-15-35(20-37)36-27(21-10-11-23(31)24(32)18-21)26(28(38)41-3)25(19-40-2)33-29(36)39/h4-6,8-11,18,20,26-27H,7,12-17,19H2,1-3H3. The number of hydrogen-bond donors (Lipinski definition) is 0. The van der Waals surface area contributed by atoms with Crippen LogP contribution in [0.1, 0.15) is 43.4 Å². The van der Waals surface area contributed by atoms with Crippen molar-refractivity contribution >= 4 is 24.1 Å². The number of urea groups is 1. The van der Waals surface area contributed by atoms with Gasteiger partial charge in [-0.15, -0.1) is 0 Å². The van der Waals surface area contributed by atoms with Gasteiger partial charge in [-0.25, -0.2) is 18.6 Å². The number of hydrogen-bond acceptors (Lipinski definition) is 6. The summed E-state index contributed by atoms with van der Waals surface area (Å²) in [6.45, 7) is 4.72. The van der Waals surface area contributed by atoms with Crippen LogP contribution in [0.3, 0.4) is 0 Å². The second-order valence-electron chi connectivity index (χ2n) is 10.7. The highest BCUT2D eigenvalue weighted by molar-refractivity contribution is 6.10. The quantitative estimate of drug-likeness (QED) is 0.298. The minimum Gasteiger partial charge on any atom is -0.468 e. The Morgan fingerprint density at radius 2 is 1.83 bits per heavy atom. The summed E-state index contributed by atoms with van der Waals surface area (Å²) in [6.07, 6.45) is 3.01. The number of aliphatic imine (C=N–C) groups is 1. The fourth-order valence-electron chi connectivity index (χ4n) is 5.71. The molecule has 0 spiro atoms. The molecule has 0 aromatic heterocycles. The second kappa shape index (κ2) is 13.3. The Kier molecular flexibility index (Phi) is 9.82. The van der Waals surface area contributed by atoms with Gasteiger partial charge in [-0.05, 0) is 67.6 Å². The fourth-order valence-corrected chi connectivity index (χ4v) is 5.71. The van der Waals surface area contributed by atoms with E-state index in [4.69, 9.17) is 9.47 Å². The van der Waals surface area contributed by atoms with E-state index in [1.54, 1.807) is 0 Å². The second-order valence-corrected chi connectivity index (χ2v) is 10.7. The minimum atomic E-state index is -1.21. The van der Waals surface area contributed by atoms with E-state index in [1.165, 1.54) is 25.8 Å². The van der Waals surface area contributed by atoms with Crippen LogP contribution in [0.25, 0.3) is 0 Å². The number of esters is 1. The third-order valence-electron chi connectivity index (χ3n) is 8.10. The SMILES string of the molecule is COCC1=NC(=O)N(N(C=O)CCCN2CCC(C)(c3ccccc3)CC2)C(c2ccc(F)c(F)c2)C1C(=O)OC. The Bertz CT molecular complexity index is 1270. The van der Waals surface area contributed by atoms with E-state index in [0.29, 0.717) is 19.4 Å². The molecular weight excluding hydrogens is 534 g/mol. The first-order valence-corrected chi connectivity index (χ1v) is 13.6. The number of methoxy groups -OCH3 is 2. The maximum atomic E-state index is 14.3. The van der Waals surface area contributed by atoms with Gasteiger partial charge in [-0.2, -0.15) is 4.99 Å². The molecule has 1 saturated heterocycles. The van der Waals surface area contributed by atoms with Crippen molar-refractivity contribution in [3.05, 3.63) is 71.3 Å². The number of piperidine rings is 1. The molecule has 0 bridgehead atoms. The molecule has 2 unspecified atom stereocenters. The number of amides is 3. The first-order chi connectivity index (χ1) is 19.7. The van der Waals surface area contributed by atoms with Gasteiger partial charge in [0.1, 0.15) is 5.92 Å². The summed E-state index contributed by atoms with van der Waals surface area (Å²) in [5, 5.41) is 2.18. The van der Waals surface area contributed by atoms with Crippen LogP contribution in [0.15, 0.2) is 53.5 Å². The van der Waals surface area contributed by atoms with Gasteiger partial charge in [0.25, 0.3) is 0 Å². The van der Waals surface area contributed by atoms with Crippen molar-refractivity contribution in [2.45, 2.75) is 37.6 Å². The van der Waals surface area contributed by atoms with Crippen LogP contribution in [0.5, 0.6) is 0 Å². The van der Waals surface area contributed by atoms with E-state index < -0.39 is 35.6 Å². The van der Waals surface area contributed by atoms with E-state index in [1.807, 2.05) is 6.07 Å². The molecular formula is C30H36F2N4O5. The van der Waals surface area contributed by atoms with Crippen LogP contribution < -0.4 is 0 Å². The van der Waals surface area contributed by atoms with Crippen LogP contribution in [-0.2, 0) is 24.5 Å². The zero-order chi connectivity index (χ0) is 29.6. The molecule has 9 nitrogen and oxygen atoms in total. The Morgan fingerprint density at radius 3 is 2.44 bits per heavy atom. The highest BCUT2D eigenvalue weighted by atomic mass is 19.2. The molecule has 2 aliphatic rings. The summed E-state index contributed by atoms with van der Waals surface area (Å²) >= 11 is 0. The largest absolute Gasteiger partial charge is 0.468 e. The van der Waals surface area contributed by atoms with Gasteiger partial charge in [0.05, 0.1) is 25.5 Å². The summed E-state index contributed by atoms with van der Waals surface area (Å²) < 4.78 is 38.3. The first-order valence-electron chi connectivity index (χ1n) is 13.6. The summed E-state index contributed by atoms with van der Waals surface area (Å²) in [5.74, 6) is -4.20. The monoisotopic (exact) mass is 570 g/mol. The maximum absolute atomic E-state index is 14.3. The molecule has 0 saturated carbocycles. The Morgan fingerprint density at radius 1 is 1.12 bits per heavy atom. The molecule has 0 aliphatic carbocycles. The summed E-state index contributed by atoms with van der Waals surface area (Å²) in [6, 6.07) is 11.5. The highest BCUT2D eigenvalue weighted by Crippen LogP contribution is 2.37. The molecule has 0 N–H and O–H groups in total. The molecule has 2 aliphatic heterocycles. The number of carbonyl (C=O) groups is 3. The third-order valence-corrected chi connectivity index (χ3v) is 8.10. The van der Waals surface area contributed by atoms with Gasteiger partial charge in [0.2, 0.25) is 6.41 Å². The molecule has 1 fully saturated rings. The molecule has 3 amide bonds. The smallest absolute Gasteiger partial charge is 0.363 e. The summed E-state index contributed by atoms with van der Waals surface area (Å²) in [4.78, 5) is 44.9. The van der Waals surface area contributed by atoms with Crippen molar-refractivity contribution in [2.75, 3.05) is 47.0 Å². The van der Waals surface area contributed by atoms with E-state index >= 15 is 0 Å². The lowest BCUT2D eigenvalue weighted by atomic mass is 9.74. The van der Waals surface area contributed by atoms with Gasteiger partial charge in [-0.1, -0.05) is 43.3 Å². The maximum Gasteiger partial charge on any atom is 0.363 e. The van der Waals surface area contributed by atoms with Crippen molar-refractivity contribution in [1.82, 2.24) is 14.9 Å². The average molecular weight is 571 g/mol. The topological polar surface area (TPSA) is 91.8 Å². The molecule has 4 rings (SSSR count). The predicted octanol–water partition coefficient (Wildman–Crippen LogP) is 4.14. The number of halogens is 2. The van der Waals surface area contributed by atoms with Crippen molar-refractivity contribution in [3.8, 4) is 0 Å². The number of hydrazine groups is 1. The zero-order valence-electron chi connectivity index (χ0n) is 23.6. The van der Waals surface area contributed by atoms with Gasteiger partial charge in [0.15, 0.2) is 11.6 Å². The van der Waals surface area contributed by atoms with E-state index in [2.05, 4.69) is 41.1 Å². The third kappa shape index (κ3) is 6.62.